The van der Waals surface area contributed by atoms with Crippen LogP contribution in [0.15, 0.2) is 71.4 Å². The molecule has 0 aromatic heterocycles. The number of nitrogens with one attached hydrogen (secondary N) is 1. The summed E-state index contributed by atoms with van der Waals surface area (Å²) < 4.78 is 5.94. The Labute approximate surface area is 206 Å². The number of esters is 1. The molecule has 1 unspecified atom stereocenters. The zero-order chi connectivity index (χ0) is 23.4. The molecule has 2 aromatic rings. The maximum Gasteiger partial charge on any atom is 0.357 e. The molecule has 0 bridgehead atoms. The van der Waals surface area contributed by atoms with E-state index < -0.39 is 18.1 Å². The van der Waals surface area contributed by atoms with Crippen LogP contribution in [-0.4, -0.2) is 38.9 Å². The number of benzene rings is 2. The van der Waals surface area contributed by atoms with Crippen molar-refractivity contribution in [3.8, 4) is 6.07 Å². The van der Waals surface area contributed by atoms with E-state index in [2.05, 4.69) is 5.32 Å². The number of hydrogen-bond acceptors (Lipinski definition) is 6. The zero-order valence-electron chi connectivity index (χ0n) is 17.4. The Balaban J connectivity index is 1.54. The summed E-state index contributed by atoms with van der Waals surface area (Å²) >= 11 is 13.1. The van der Waals surface area contributed by atoms with Crippen molar-refractivity contribution in [2.75, 3.05) is 5.75 Å². The monoisotopic (exact) mass is 497 g/mol. The lowest BCUT2D eigenvalue weighted by molar-refractivity contribution is -0.153. The summed E-state index contributed by atoms with van der Waals surface area (Å²) in [4.78, 5) is 28.1. The Bertz CT molecular complexity index is 1100. The molecule has 9 heteroatoms. The van der Waals surface area contributed by atoms with Gasteiger partial charge in [0.25, 0.3) is 5.91 Å². The second kappa shape index (κ2) is 10.4. The molecule has 0 aliphatic carbocycles. The maximum atomic E-state index is 13.3. The van der Waals surface area contributed by atoms with Gasteiger partial charge in [0.05, 0.1) is 16.1 Å². The minimum Gasteiger partial charge on any atom is -0.448 e. The van der Waals surface area contributed by atoms with Gasteiger partial charge < -0.3 is 10.1 Å². The van der Waals surface area contributed by atoms with Crippen molar-refractivity contribution in [3.05, 3.63) is 82.5 Å². The van der Waals surface area contributed by atoms with E-state index in [1.54, 1.807) is 0 Å². The minimum absolute atomic E-state index is 0.0725. The standard InChI is InChI=1S/C24H20ClN3O3S2/c25-17-14-33-23-19(27-18(32)12-7-13-26)22(29)28(23)20(17)24(30)31-21(15-8-3-1-4-9-15)16-10-5-2-6-11-16/h1-6,8-11,19,21,23H,7,12,14H2,(H,27,32)/t19?,23-/m1/s1. The van der Waals surface area contributed by atoms with Crippen molar-refractivity contribution < 1.29 is 14.3 Å². The second-order valence-corrected chi connectivity index (χ2v) is 9.53. The molecule has 6 nitrogen and oxygen atoms in total. The van der Waals surface area contributed by atoms with Crippen LogP contribution in [0.25, 0.3) is 0 Å². The van der Waals surface area contributed by atoms with E-state index in [0.29, 0.717) is 17.2 Å². The molecule has 1 saturated heterocycles. The van der Waals surface area contributed by atoms with Crippen LogP contribution in [0, 0.1) is 11.3 Å². The van der Waals surface area contributed by atoms with E-state index in [1.165, 1.54) is 16.7 Å². The number of thioether (sulfide) groups is 1. The first-order chi connectivity index (χ1) is 16.0. The summed E-state index contributed by atoms with van der Waals surface area (Å²) in [5.41, 5.74) is 1.70. The van der Waals surface area contributed by atoms with Gasteiger partial charge in [-0.05, 0) is 11.1 Å². The minimum atomic E-state index is -0.651. The van der Waals surface area contributed by atoms with Crippen LogP contribution in [0.2, 0.25) is 0 Å². The van der Waals surface area contributed by atoms with Crippen LogP contribution in [0.1, 0.15) is 30.1 Å². The van der Waals surface area contributed by atoms with Crippen LogP contribution in [0.3, 0.4) is 0 Å². The number of thiocarbonyl (C=S) groups is 1. The summed E-state index contributed by atoms with van der Waals surface area (Å²) in [7, 11) is 0. The van der Waals surface area contributed by atoms with E-state index in [4.69, 9.17) is 33.8 Å². The van der Waals surface area contributed by atoms with Crippen LogP contribution < -0.4 is 5.32 Å². The fourth-order valence-electron chi connectivity index (χ4n) is 3.73. The average Bonchev–Trinajstić information content (AvgIpc) is 2.85. The van der Waals surface area contributed by atoms with Gasteiger partial charge in [-0.3, -0.25) is 9.69 Å². The molecule has 2 aliphatic rings. The van der Waals surface area contributed by atoms with Gasteiger partial charge >= 0.3 is 5.97 Å². The number of carbonyl (C=O) groups is 2. The molecule has 168 valence electrons. The van der Waals surface area contributed by atoms with Gasteiger partial charge in [-0.25, -0.2) is 4.79 Å². The Morgan fingerprint density at radius 1 is 1.21 bits per heavy atom. The van der Waals surface area contributed by atoms with Crippen molar-refractivity contribution >= 4 is 52.4 Å². The first kappa shape index (κ1) is 23.3. The quantitative estimate of drug-likeness (QED) is 0.347. The van der Waals surface area contributed by atoms with Gasteiger partial charge in [0.15, 0.2) is 6.10 Å². The van der Waals surface area contributed by atoms with E-state index in [1.807, 2.05) is 66.7 Å². The number of nitriles is 1. The molecule has 2 heterocycles. The summed E-state index contributed by atoms with van der Waals surface area (Å²) in [6.45, 7) is 0. The Hall–Kier alpha value is -2.86. The zero-order valence-corrected chi connectivity index (χ0v) is 19.8. The number of nitrogens with zero attached hydrogens (tertiary/aromatic N) is 2. The largest absolute Gasteiger partial charge is 0.448 e. The first-order valence-electron chi connectivity index (χ1n) is 10.3. The van der Waals surface area contributed by atoms with Crippen LogP contribution in [0.5, 0.6) is 0 Å². The predicted molar refractivity (Wildman–Crippen MR) is 131 cm³/mol. The predicted octanol–water partition coefficient (Wildman–Crippen LogP) is 4.27. The SMILES string of the molecule is N#CCCC(=S)NC1C(=O)N2C(C(=O)OC(c3ccccc3)c3ccccc3)=C(Cl)CS[C@H]12. The van der Waals surface area contributed by atoms with Crippen LogP contribution >= 0.6 is 35.6 Å². The number of fused-ring (bicyclic) bond motifs is 1. The number of rotatable bonds is 7. The number of hydrogen-bond donors (Lipinski definition) is 1. The first-order valence-corrected chi connectivity index (χ1v) is 12.1. The number of carbonyl (C=O) groups excluding carboxylic acids is 2. The Kier molecular flexibility index (Phi) is 7.33. The van der Waals surface area contributed by atoms with E-state index in [0.717, 1.165) is 11.1 Å². The van der Waals surface area contributed by atoms with E-state index in [9.17, 15) is 9.59 Å². The van der Waals surface area contributed by atoms with Crippen molar-refractivity contribution in [2.45, 2.75) is 30.4 Å². The molecule has 1 fully saturated rings. The number of ether oxygens (including phenoxy) is 1. The highest BCUT2D eigenvalue weighted by Gasteiger charge is 2.54. The Morgan fingerprint density at radius 3 is 2.39 bits per heavy atom. The molecular weight excluding hydrogens is 478 g/mol. The maximum absolute atomic E-state index is 13.3. The van der Waals surface area contributed by atoms with Crippen LogP contribution in [0.4, 0.5) is 0 Å². The van der Waals surface area contributed by atoms with Crippen molar-refractivity contribution in [1.82, 2.24) is 10.2 Å². The number of amides is 1. The molecule has 4 rings (SSSR count). The third kappa shape index (κ3) is 4.91. The summed E-state index contributed by atoms with van der Waals surface area (Å²) in [5, 5.41) is 11.7. The van der Waals surface area contributed by atoms with Crippen molar-refractivity contribution in [1.29, 1.82) is 5.26 Å². The third-order valence-corrected chi connectivity index (χ3v) is 7.40. The molecule has 33 heavy (non-hydrogen) atoms. The van der Waals surface area contributed by atoms with Gasteiger partial charge in [0.1, 0.15) is 17.1 Å². The van der Waals surface area contributed by atoms with E-state index >= 15 is 0 Å². The molecule has 2 aromatic carbocycles. The molecule has 0 saturated carbocycles. The second-order valence-electron chi connectivity index (χ2n) is 7.47. The molecule has 1 amide bonds. The lowest BCUT2D eigenvalue weighted by Crippen LogP contribution is -2.70. The highest BCUT2D eigenvalue weighted by atomic mass is 35.5. The normalized spacial score (nSPS) is 19.4. The van der Waals surface area contributed by atoms with Crippen molar-refractivity contribution in [3.63, 3.8) is 0 Å². The lowest BCUT2D eigenvalue weighted by Gasteiger charge is -2.49. The van der Waals surface area contributed by atoms with Gasteiger partial charge in [0, 0.05) is 18.6 Å². The molecule has 2 aliphatic heterocycles. The topological polar surface area (TPSA) is 82.4 Å². The fraction of sp³-hybridized carbons (Fsp3) is 0.250. The van der Waals surface area contributed by atoms with Gasteiger partial charge in [0.2, 0.25) is 0 Å². The molecule has 0 spiro atoms. The molecule has 1 N–H and O–H groups in total. The lowest BCUT2D eigenvalue weighted by atomic mass is 10.0. The molecule has 0 radical (unpaired) electrons. The van der Waals surface area contributed by atoms with E-state index in [-0.39, 0.29) is 28.4 Å². The van der Waals surface area contributed by atoms with Crippen molar-refractivity contribution in [2.24, 2.45) is 0 Å². The number of β-lactam (4-membered cyclic amide) rings is 1. The third-order valence-electron chi connectivity index (χ3n) is 5.33. The van der Waals surface area contributed by atoms with Crippen LogP contribution in [-0.2, 0) is 14.3 Å². The number of halogens is 1. The van der Waals surface area contributed by atoms with Gasteiger partial charge in [-0.15, -0.1) is 11.8 Å². The smallest absolute Gasteiger partial charge is 0.357 e. The summed E-state index contributed by atoms with van der Waals surface area (Å²) in [6.07, 6.45) is 0.0143. The summed E-state index contributed by atoms with van der Waals surface area (Å²) in [6, 6.07) is 20.3. The highest BCUT2D eigenvalue weighted by Crippen LogP contribution is 2.42. The fourth-order valence-corrected chi connectivity index (χ4v) is 5.51. The van der Waals surface area contributed by atoms with Gasteiger partial charge in [-0.1, -0.05) is 84.5 Å². The summed E-state index contributed by atoms with van der Waals surface area (Å²) in [5.74, 6) is -0.570. The average molecular weight is 498 g/mol. The molecule has 2 atom stereocenters. The molecular formula is C24H20ClN3O3S2. The highest BCUT2D eigenvalue weighted by molar-refractivity contribution is 8.00. The van der Waals surface area contributed by atoms with Gasteiger partial charge in [-0.2, -0.15) is 5.26 Å². The Morgan fingerprint density at radius 2 is 1.82 bits per heavy atom.